The Labute approximate surface area is 217 Å². The highest BCUT2D eigenvalue weighted by Gasteiger charge is 2.29. The first-order valence-electron chi connectivity index (χ1n) is 11.1. The summed E-state index contributed by atoms with van der Waals surface area (Å²) in [6, 6.07) is 6.61. The predicted octanol–water partition coefficient (Wildman–Crippen LogP) is 3.27. The number of ether oxygens (including phenoxy) is 5. The highest BCUT2D eigenvalue weighted by atomic mass is 32.2. The van der Waals surface area contributed by atoms with Gasteiger partial charge >= 0.3 is 6.18 Å². The average Bonchev–Trinajstić information content (AvgIpc) is 2.88. The van der Waals surface area contributed by atoms with Gasteiger partial charge in [0.15, 0.2) is 18.1 Å². The summed E-state index contributed by atoms with van der Waals surface area (Å²) in [6.45, 7) is -0.495. The Morgan fingerprint density at radius 3 is 2.13 bits per heavy atom. The number of methoxy groups -OCH3 is 2. The van der Waals surface area contributed by atoms with Gasteiger partial charge in [-0.1, -0.05) is 0 Å². The predicted molar refractivity (Wildman–Crippen MR) is 132 cm³/mol. The molecule has 3 rings (SSSR count). The number of benzene rings is 2. The second-order valence-electron chi connectivity index (χ2n) is 7.62. The first-order chi connectivity index (χ1) is 18.1. The van der Waals surface area contributed by atoms with Gasteiger partial charge in [0, 0.05) is 25.7 Å². The third kappa shape index (κ3) is 7.80. The number of sulfonamides is 1. The molecule has 3 aromatic rings. The maximum Gasteiger partial charge on any atom is 0.422 e. The molecule has 15 heteroatoms. The van der Waals surface area contributed by atoms with Gasteiger partial charge in [-0.25, -0.2) is 23.1 Å². The van der Waals surface area contributed by atoms with Gasteiger partial charge in [0.05, 0.1) is 29.3 Å². The Morgan fingerprint density at radius 2 is 1.53 bits per heavy atom. The molecular weight excluding hydrogens is 533 g/mol. The fourth-order valence-electron chi connectivity index (χ4n) is 3.16. The van der Waals surface area contributed by atoms with Gasteiger partial charge in [-0.05, 0) is 31.3 Å². The molecule has 0 saturated carbocycles. The number of aromatic nitrogens is 2. The lowest BCUT2D eigenvalue weighted by Gasteiger charge is -2.17. The van der Waals surface area contributed by atoms with Crippen molar-refractivity contribution in [2.24, 2.45) is 0 Å². The molecule has 0 spiro atoms. The summed E-state index contributed by atoms with van der Waals surface area (Å²) >= 11 is 0. The van der Waals surface area contributed by atoms with E-state index >= 15 is 0 Å². The fourth-order valence-corrected chi connectivity index (χ4v) is 3.92. The van der Waals surface area contributed by atoms with E-state index in [0.717, 1.165) is 18.2 Å². The molecule has 2 aromatic carbocycles. The molecule has 38 heavy (non-hydrogen) atoms. The standard InChI is InChI=1S/C23H27F3N4O7S/c1-27-38(31,32)15-4-5-19(37-13-23(24,25)26)18(10-15)30-22-16-11-20(35-8-6-33-2)21(36-9-7-34-3)12-17(16)28-14-29-22/h4-5,10-12,14,27H,6-9,13H2,1-3H3,(H,28,29,30). The van der Waals surface area contributed by atoms with Crippen LogP contribution in [0.25, 0.3) is 10.9 Å². The number of rotatable bonds is 14. The van der Waals surface area contributed by atoms with Crippen LogP contribution in [0.15, 0.2) is 41.6 Å². The maximum atomic E-state index is 12.8. The van der Waals surface area contributed by atoms with Gasteiger partial charge in [0.25, 0.3) is 0 Å². The van der Waals surface area contributed by atoms with E-state index in [1.54, 1.807) is 12.1 Å². The molecule has 0 aliphatic rings. The number of nitrogens with zero attached hydrogens (tertiary/aromatic N) is 2. The second kappa shape index (κ2) is 12.9. The van der Waals surface area contributed by atoms with E-state index in [9.17, 15) is 21.6 Å². The van der Waals surface area contributed by atoms with E-state index in [2.05, 4.69) is 20.0 Å². The van der Waals surface area contributed by atoms with E-state index in [1.165, 1.54) is 27.6 Å². The summed E-state index contributed by atoms with van der Waals surface area (Å²) < 4.78 is 91.8. The van der Waals surface area contributed by atoms with Gasteiger partial charge in [-0.3, -0.25) is 0 Å². The van der Waals surface area contributed by atoms with E-state index < -0.39 is 22.8 Å². The van der Waals surface area contributed by atoms with Crippen molar-refractivity contribution in [1.82, 2.24) is 14.7 Å². The molecule has 0 saturated heterocycles. The minimum Gasteiger partial charge on any atom is -0.487 e. The highest BCUT2D eigenvalue weighted by Crippen LogP contribution is 2.37. The van der Waals surface area contributed by atoms with Crippen LogP contribution >= 0.6 is 0 Å². The minimum absolute atomic E-state index is 0.0622. The minimum atomic E-state index is -4.61. The average molecular weight is 561 g/mol. The quantitative estimate of drug-likeness (QED) is 0.283. The van der Waals surface area contributed by atoms with Crippen molar-refractivity contribution in [3.63, 3.8) is 0 Å². The summed E-state index contributed by atoms with van der Waals surface area (Å²) in [5.74, 6) is 0.640. The second-order valence-corrected chi connectivity index (χ2v) is 9.50. The lowest BCUT2D eigenvalue weighted by molar-refractivity contribution is -0.153. The monoisotopic (exact) mass is 560 g/mol. The summed E-state index contributed by atoms with van der Waals surface area (Å²) in [7, 11) is 0.363. The lowest BCUT2D eigenvalue weighted by atomic mass is 10.2. The van der Waals surface area contributed by atoms with Gasteiger partial charge in [-0.2, -0.15) is 13.2 Å². The van der Waals surface area contributed by atoms with Gasteiger partial charge in [0.1, 0.15) is 31.1 Å². The molecule has 11 nitrogen and oxygen atoms in total. The molecule has 1 heterocycles. The normalized spacial score (nSPS) is 11.9. The van der Waals surface area contributed by atoms with Crippen LogP contribution in [0.4, 0.5) is 24.7 Å². The van der Waals surface area contributed by atoms with E-state index in [-0.39, 0.29) is 35.4 Å². The van der Waals surface area contributed by atoms with Gasteiger partial charge < -0.3 is 29.0 Å². The number of halogens is 3. The van der Waals surface area contributed by atoms with E-state index in [0.29, 0.717) is 35.6 Å². The van der Waals surface area contributed by atoms with Crippen LogP contribution in [0.5, 0.6) is 17.2 Å². The van der Waals surface area contributed by atoms with Gasteiger partial charge in [-0.15, -0.1) is 0 Å². The van der Waals surface area contributed by atoms with Crippen LogP contribution in [0.3, 0.4) is 0 Å². The Kier molecular flexibility index (Phi) is 9.90. The van der Waals surface area contributed by atoms with Crippen molar-refractivity contribution < 1.29 is 45.3 Å². The van der Waals surface area contributed by atoms with Crippen molar-refractivity contribution >= 4 is 32.4 Å². The summed E-state index contributed by atoms with van der Waals surface area (Å²) in [5.41, 5.74) is 0.360. The Balaban J connectivity index is 2.06. The van der Waals surface area contributed by atoms with Crippen molar-refractivity contribution in [3.8, 4) is 17.2 Å². The smallest absolute Gasteiger partial charge is 0.422 e. The molecular formula is C23H27F3N4O7S. The molecule has 0 amide bonds. The van der Waals surface area contributed by atoms with E-state index in [4.69, 9.17) is 23.7 Å². The van der Waals surface area contributed by atoms with Crippen LogP contribution in [0.2, 0.25) is 0 Å². The number of anilines is 2. The summed E-state index contributed by atoms with van der Waals surface area (Å²) in [4.78, 5) is 8.25. The molecule has 0 atom stereocenters. The molecule has 0 aliphatic heterocycles. The van der Waals surface area contributed by atoms with Crippen LogP contribution in [-0.4, -0.2) is 78.9 Å². The third-order valence-corrected chi connectivity index (χ3v) is 6.38. The Bertz CT molecular complexity index is 1340. The topological polar surface area (TPSA) is 130 Å². The molecule has 0 fully saturated rings. The zero-order valence-electron chi connectivity index (χ0n) is 20.8. The zero-order chi connectivity index (χ0) is 27.8. The Hall–Kier alpha value is -3.40. The molecule has 0 unspecified atom stereocenters. The number of nitrogens with one attached hydrogen (secondary N) is 2. The van der Waals surface area contributed by atoms with E-state index in [1.807, 2.05) is 0 Å². The van der Waals surface area contributed by atoms with Crippen molar-refractivity contribution in [2.45, 2.75) is 11.1 Å². The molecule has 0 radical (unpaired) electrons. The number of alkyl halides is 3. The Morgan fingerprint density at radius 1 is 0.868 bits per heavy atom. The SMILES string of the molecule is CNS(=O)(=O)c1ccc(OCC(F)(F)F)c(Nc2ncnc3cc(OCCOC)c(OCCOC)cc23)c1. The molecule has 208 valence electrons. The largest absolute Gasteiger partial charge is 0.487 e. The first kappa shape index (κ1) is 29.2. The van der Waals surface area contributed by atoms with Gasteiger partial charge in [0.2, 0.25) is 10.0 Å². The fraction of sp³-hybridized carbons (Fsp3) is 0.391. The lowest BCUT2D eigenvalue weighted by Crippen LogP contribution is -2.20. The summed E-state index contributed by atoms with van der Waals surface area (Å²) in [5, 5.41) is 3.30. The van der Waals surface area contributed by atoms with Crippen LogP contribution in [-0.2, 0) is 19.5 Å². The highest BCUT2D eigenvalue weighted by molar-refractivity contribution is 7.89. The molecule has 1 aromatic heterocycles. The molecule has 0 aliphatic carbocycles. The number of hydrogen-bond acceptors (Lipinski definition) is 10. The summed E-state index contributed by atoms with van der Waals surface area (Å²) in [6.07, 6.45) is -3.37. The van der Waals surface area contributed by atoms with Crippen LogP contribution < -0.4 is 24.2 Å². The van der Waals surface area contributed by atoms with Crippen molar-refractivity contribution in [1.29, 1.82) is 0 Å². The first-order valence-corrected chi connectivity index (χ1v) is 12.6. The van der Waals surface area contributed by atoms with Crippen LogP contribution in [0.1, 0.15) is 0 Å². The molecule has 2 N–H and O–H groups in total. The number of fused-ring (bicyclic) bond motifs is 1. The number of hydrogen-bond donors (Lipinski definition) is 2. The van der Waals surface area contributed by atoms with Crippen molar-refractivity contribution in [3.05, 3.63) is 36.7 Å². The third-order valence-electron chi connectivity index (χ3n) is 4.97. The van der Waals surface area contributed by atoms with Crippen molar-refractivity contribution in [2.75, 3.05) is 59.6 Å². The zero-order valence-corrected chi connectivity index (χ0v) is 21.6. The van der Waals surface area contributed by atoms with Crippen LogP contribution in [0, 0.1) is 0 Å². The maximum absolute atomic E-state index is 12.8. The molecule has 0 bridgehead atoms.